The second kappa shape index (κ2) is 6.85. The summed E-state index contributed by atoms with van der Waals surface area (Å²) in [5.74, 6) is 0.690. The van der Waals surface area contributed by atoms with Crippen LogP contribution in [-0.4, -0.2) is 26.4 Å². The van der Waals surface area contributed by atoms with Crippen molar-refractivity contribution in [2.24, 2.45) is 11.1 Å². The number of nitrogens with two attached hydrogens (primary N) is 1. The van der Waals surface area contributed by atoms with E-state index < -0.39 is 19.3 Å². The Morgan fingerprint density at radius 1 is 1.46 bits per heavy atom. The molecule has 0 aromatic heterocycles. The number of benzene rings is 1. The Labute approximate surface area is 148 Å². The molecule has 1 fully saturated rings. The molecule has 0 saturated heterocycles. The van der Waals surface area contributed by atoms with Gasteiger partial charge >= 0.3 is 0 Å². The van der Waals surface area contributed by atoms with E-state index in [0.29, 0.717) is 31.6 Å². The van der Waals surface area contributed by atoms with Crippen molar-refractivity contribution < 1.29 is 18.0 Å². The molecule has 1 spiro atoms. The number of methoxy groups -OCH3 is 1. The fourth-order valence-corrected chi connectivity index (χ4v) is 4.40. The molecule has 24 heavy (non-hydrogen) atoms. The van der Waals surface area contributed by atoms with E-state index >= 15 is 0 Å². The predicted molar refractivity (Wildman–Crippen MR) is 94.0 cm³/mol. The smallest absolute Gasteiger partial charge is 0.119 e. The first kappa shape index (κ1) is 13.9. The van der Waals surface area contributed by atoms with Crippen LogP contribution in [0.3, 0.4) is 0 Å². The molecule has 1 unspecified atom stereocenters. The Balaban J connectivity index is 1.79. The summed E-state index contributed by atoms with van der Waals surface area (Å²) in [5, 5.41) is 0. The molecule has 0 bridgehead atoms. The van der Waals surface area contributed by atoms with Crippen LogP contribution in [0.4, 0.5) is 4.39 Å². The molecule has 0 radical (unpaired) electrons. The number of rotatable bonds is 6. The maximum atomic E-state index is 12.3. The van der Waals surface area contributed by atoms with Crippen LogP contribution < -0.4 is 10.5 Å². The molecule has 2 N–H and O–H groups in total. The zero-order chi connectivity index (χ0) is 19.7. The van der Waals surface area contributed by atoms with Gasteiger partial charge in [-0.2, -0.15) is 0 Å². The minimum atomic E-state index is -2.36. The van der Waals surface area contributed by atoms with Gasteiger partial charge in [0.05, 0.1) is 29.0 Å². The summed E-state index contributed by atoms with van der Waals surface area (Å²) in [4.78, 5) is 0. The van der Waals surface area contributed by atoms with Gasteiger partial charge in [-0.05, 0) is 55.4 Å². The van der Waals surface area contributed by atoms with Gasteiger partial charge in [0.1, 0.15) is 5.75 Å². The van der Waals surface area contributed by atoms with Gasteiger partial charge in [0.25, 0.3) is 0 Å². The summed E-state index contributed by atoms with van der Waals surface area (Å²) in [6.45, 7) is 3.94. The molecule has 1 aromatic carbocycles. The molecule has 132 valence electrons. The lowest BCUT2D eigenvalue weighted by molar-refractivity contribution is 0.00727. The molecule has 0 heterocycles. The van der Waals surface area contributed by atoms with Gasteiger partial charge < -0.3 is 15.2 Å². The molecule has 1 atom stereocenters. The quantitative estimate of drug-likeness (QED) is 0.633. The fraction of sp³-hybridized carbons (Fsp3) is 0.600. The summed E-state index contributed by atoms with van der Waals surface area (Å²) < 4.78 is 45.1. The highest BCUT2D eigenvalue weighted by Gasteiger charge is 2.54. The number of halogens is 1. The minimum absolute atomic E-state index is 0.191. The zero-order valence-electron chi connectivity index (χ0n) is 17.0. The maximum absolute atomic E-state index is 12.3. The van der Waals surface area contributed by atoms with Gasteiger partial charge in [-0.15, -0.1) is 6.58 Å². The van der Waals surface area contributed by atoms with Crippen molar-refractivity contribution in [3.8, 4) is 5.75 Å². The van der Waals surface area contributed by atoms with Gasteiger partial charge in [-0.1, -0.05) is 12.1 Å². The van der Waals surface area contributed by atoms with Crippen molar-refractivity contribution in [3.05, 3.63) is 42.0 Å². The first-order valence-electron chi connectivity index (χ1n) is 10.2. The fourth-order valence-electron chi connectivity index (χ4n) is 4.40. The first-order chi connectivity index (χ1) is 12.7. The predicted octanol–water partition coefficient (Wildman–Crippen LogP) is 3.90. The van der Waals surface area contributed by atoms with Gasteiger partial charge in [0.2, 0.25) is 0 Å². The van der Waals surface area contributed by atoms with Crippen molar-refractivity contribution in [1.82, 2.24) is 0 Å². The van der Waals surface area contributed by atoms with Crippen LogP contribution in [0, 0.1) is 5.41 Å². The van der Waals surface area contributed by atoms with Crippen LogP contribution in [0.15, 0.2) is 30.9 Å². The van der Waals surface area contributed by atoms with Crippen LogP contribution in [0.25, 0.3) is 0 Å². The Hall–Kier alpha value is -1.39. The second-order valence-corrected chi connectivity index (χ2v) is 7.06. The molecule has 1 saturated carbocycles. The molecule has 0 amide bonds. The van der Waals surface area contributed by atoms with E-state index in [-0.39, 0.29) is 11.5 Å². The molecule has 2 aliphatic rings. The van der Waals surface area contributed by atoms with Crippen molar-refractivity contribution in [2.45, 2.75) is 50.2 Å². The lowest BCUT2D eigenvalue weighted by Crippen LogP contribution is -2.51. The maximum Gasteiger partial charge on any atom is 0.119 e. The van der Waals surface area contributed by atoms with Crippen molar-refractivity contribution in [1.29, 1.82) is 0 Å². The number of fused-ring (bicyclic) bond motifs is 1. The highest BCUT2D eigenvalue weighted by Crippen LogP contribution is 2.57. The normalized spacial score (nSPS) is 34.2. The summed E-state index contributed by atoms with van der Waals surface area (Å²) >= 11 is 0. The lowest BCUT2D eigenvalue weighted by atomic mass is 9.62. The van der Waals surface area contributed by atoms with E-state index in [2.05, 4.69) is 6.58 Å². The zero-order valence-corrected chi connectivity index (χ0v) is 14.0. The molecule has 1 aromatic rings. The Morgan fingerprint density at radius 2 is 2.25 bits per heavy atom. The summed E-state index contributed by atoms with van der Waals surface area (Å²) in [6, 6.07) is 5.89. The summed E-state index contributed by atoms with van der Waals surface area (Å²) in [7, 11) is -2.36. The Kier molecular flexibility index (Phi) is 3.95. The highest BCUT2D eigenvalue weighted by molar-refractivity contribution is 5.49. The molecular formula is C20H28FNO2. The lowest BCUT2D eigenvalue weighted by Gasteiger charge is -2.46. The minimum Gasteiger partial charge on any atom is -0.493 e. The molecule has 4 heteroatoms. The van der Waals surface area contributed by atoms with Crippen LogP contribution >= 0.6 is 0 Å². The van der Waals surface area contributed by atoms with Crippen molar-refractivity contribution in [3.63, 3.8) is 0 Å². The standard InChI is InChI=1S/C20H28FNO2/c1-3-20(22)18-13-17(24-12-4-11-21)6-5-15(18)14-19(20)9-7-16(23-2)8-10-19/h3,5-6,13,16H,1,4,7-12,14,22H2,2H3/i2D3. The third-order valence-corrected chi connectivity index (χ3v) is 5.86. The first-order valence-corrected chi connectivity index (χ1v) is 8.65. The van der Waals surface area contributed by atoms with E-state index in [0.717, 1.165) is 24.8 Å². The van der Waals surface area contributed by atoms with Gasteiger partial charge in [-0.25, -0.2) is 0 Å². The molecule has 0 aliphatic heterocycles. The molecular weight excluding hydrogens is 305 g/mol. The van der Waals surface area contributed by atoms with E-state index in [9.17, 15) is 4.39 Å². The highest BCUT2D eigenvalue weighted by atomic mass is 19.1. The summed E-state index contributed by atoms with van der Waals surface area (Å²) in [5.41, 5.74) is 8.17. The number of hydrogen-bond acceptors (Lipinski definition) is 3. The Bertz CT molecular complexity index is 686. The Morgan fingerprint density at radius 3 is 2.92 bits per heavy atom. The monoisotopic (exact) mass is 336 g/mol. The third-order valence-electron chi connectivity index (χ3n) is 5.86. The van der Waals surface area contributed by atoms with Crippen LogP contribution in [0.2, 0.25) is 0 Å². The average molecular weight is 336 g/mol. The van der Waals surface area contributed by atoms with Crippen molar-refractivity contribution in [2.75, 3.05) is 20.3 Å². The van der Waals surface area contributed by atoms with E-state index in [1.165, 1.54) is 5.56 Å². The number of hydrogen-bond donors (Lipinski definition) is 1. The number of alkyl halides is 1. The topological polar surface area (TPSA) is 44.5 Å². The van der Waals surface area contributed by atoms with E-state index in [4.69, 9.17) is 19.3 Å². The van der Waals surface area contributed by atoms with Gasteiger partial charge in [-0.3, -0.25) is 4.39 Å². The van der Waals surface area contributed by atoms with Crippen LogP contribution in [0.1, 0.15) is 47.3 Å². The van der Waals surface area contributed by atoms with E-state index in [1.807, 2.05) is 24.3 Å². The molecule has 3 rings (SSSR count). The van der Waals surface area contributed by atoms with Crippen molar-refractivity contribution >= 4 is 0 Å². The van der Waals surface area contributed by atoms with Gasteiger partial charge in [0, 0.05) is 18.9 Å². The number of ether oxygens (including phenoxy) is 2. The summed E-state index contributed by atoms with van der Waals surface area (Å²) in [6.07, 6.45) is 5.64. The van der Waals surface area contributed by atoms with Gasteiger partial charge in [0.15, 0.2) is 0 Å². The van der Waals surface area contributed by atoms with Crippen LogP contribution in [0.5, 0.6) is 5.75 Å². The van der Waals surface area contributed by atoms with Crippen LogP contribution in [-0.2, 0) is 16.7 Å². The second-order valence-electron chi connectivity index (χ2n) is 7.06. The molecule has 2 aliphatic carbocycles. The molecule has 3 nitrogen and oxygen atoms in total. The SMILES string of the molecule is [2H]C([2H])([2H])OC1CCC2(CC1)Cc1ccc(OCCCF)cc1C2(N)C=C. The average Bonchev–Trinajstić information content (AvgIpc) is 2.85. The van der Waals surface area contributed by atoms with E-state index in [1.54, 1.807) is 0 Å². The largest absolute Gasteiger partial charge is 0.493 e. The third kappa shape index (κ3) is 2.76.